The Hall–Kier alpha value is -2.90. The topological polar surface area (TPSA) is 87.6 Å². The van der Waals surface area contributed by atoms with Crippen LogP contribution in [0.25, 0.3) is 10.9 Å². The highest BCUT2D eigenvalue weighted by molar-refractivity contribution is 6.36. The number of morpholine rings is 1. The number of nitrogens with one attached hydrogen (secondary N) is 1. The number of phenolic OH excluding ortho intramolecular Hbond substituents is 1. The number of ether oxygens (including phenoxy) is 1. The predicted octanol–water partition coefficient (Wildman–Crippen LogP) is 3.26. The Kier molecular flexibility index (Phi) is 4.79. The summed E-state index contributed by atoms with van der Waals surface area (Å²) in [5.41, 5.74) is 2.47. The highest BCUT2D eigenvalue weighted by Crippen LogP contribution is 2.31. The molecule has 8 heteroatoms. The van der Waals surface area contributed by atoms with E-state index in [9.17, 15) is 9.90 Å². The molecular weight excluding hydrogens is 368 g/mol. The third kappa shape index (κ3) is 3.65. The van der Waals surface area contributed by atoms with Gasteiger partial charge in [-0.1, -0.05) is 23.7 Å². The summed E-state index contributed by atoms with van der Waals surface area (Å²) < 4.78 is 5.74. The summed E-state index contributed by atoms with van der Waals surface area (Å²) in [5, 5.41) is 13.6. The average Bonchev–Trinajstić information content (AvgIpc) is 2.71. The van der Waals surface area contributed by atoms with Crippen molar-refractivity contribution in [3.63, 3.8) is 0 Å². The second-order valence-electron chi connectivity index (χ2n) is 6.23. The second-order valence-corrected chi connectivity index (χ2v) is 6.61. The molecule has 4 rings (SSSR count). The van der Waals surface area contributed by atoms with Crippen LogP contribution >= 0.6 is 11.6 Å². The van der Waals surface area contributed by atoms with E-state index < -0.39 is 0 Å². The van der Waals surface area contributed by atoms with Crippen LogP contribution in [0.1, 0.15) is 11.7 Å². The van der Waals surface area contributed by atoms with E-state index in [-0.39, 0.29) is 16.9 Å². The van der Waals surface area contributed by atoms with Gasteiger partial charge in [-0.25, -0.2) is 9.97 Å². The van der Waals surface area contributed by atoms with Crippen LogP contribution in [0.2, 0.25) is 5.02 Å². The number of fused-ring (bicyclic) bond motifs is 1. The first-order valence-corrected chi connectivity index (χ1v) is 8.84. The molecule has 0 spiro atoms. The number of rotatable bonds is 4. The first-order valence-electron chi connectivity index (χ1n) is 8.46. The highest BCUT2D eigenvalue weighted by atomic mass is 35.5. The number of aromatic nitrogens is 2. The largest absolute Gasteiger partial charge is 0.506 e. The van der Waals surface area contributed by atoms with Gasteiger partial charge in [-0.2, -0.15) is 0 Å². The molecule has 7 nitrogen and oxygen atoms in total. The molecule has 2 heterocycles. The summed E-state index contributed by atoms with van der Waals surface area (Å²) in [4.78, 5) is 21.3. The lowest BCUT2D eigenvalue weighted by Crippen LogP contribution is -2.37. The number of phenols is 1. The van der Waals surface area contributed by atoms with Crippen molar-refractivity contribution in [1.82, 2.24) is 14.9 Å². The number of benzene rings is 2. The lowest BCUT2D eigenvalue weighted by atomic mass is 10.1. The van der Waals surface area contributed by atoms with Gasteiger partial charge in [0.1, 0.15) is 11.9 Å². The van der Waals surface area contributed by atoms with E-state index in [1.54, 1.807) is 17.2 Å². The van der Waals surface area contributed by atoms with Crippen molar-refractivity contribution in [1.29, 1.82) is 0 Å². The van der Waals surface area contributed by atoms with Gasteiger partial charge in [-0.05, 0) is 29.8 Å². The van der Waals surface area contributed by atoms with Gasteiger partial charge in [0.05, 0.1) is 23.7 Å². The number of halogens is 1. The normalized spacial score (nSPS) is 17.1. The van der Waals surface area contributed by atoms with Crippen LogP contribution in [0.4, 0.5) is 11.6 Å². The minimum Gasteiger partial charge on any atom is -0.506 e. The molecule has 2 N–H and O–H groups in total. The van der Waals surface area contributed by atoms with Gasteiger partial charge in [-0.15, -0.1) is 0 Å². The molecule has 0 aliphatic carbocycles. The number of nitrogens with zero attached hydrogens (tertiary/aromatic N) is 3. The predicted molar refractivity (Wildman–Crippen MR) is 102 cm³/mol. The summed E-state index contributed by atoms with van der Waals surface area (Å²) in [5.74, 6) is 0.431. The summed E-state index contributed by atoms with van der Waals surface area (Å²) >= 11 is 6.06. The van der Waals surface area contributed by atoms with Crippen molar-refractivity contribution in [3.8, 4) is 5.75 Å². The maximum atomic E-state index is 11.0. The number of hydrogen-bond donors (Lipinski definition) is 2. The van der Waals surface area contributed by atoms with Gasteiger partial charge < -0.3 is 20.1 Å². The highest BCUT2D eigenvalue weighted by Gasteiger charge is 2.20. The average molecular weight is 385 g/mol. The van der Waals surface area contributed by atoms with Crippen molar-refractivity contribution >= 4 is 40.5 Å². The fraction of sp³-hybridized carbons (Fsp3) is 0.211. The van der Waals surface area contributed by atoms with E-state index in [1.165, 1.54) is 6.07 Å². The van der Waals surface area contributed by atoms with Crippen LogP contribution in [-0.4, -0.2) is 46.1 Å². The molecule has 2 aromatic carbocycles. The number of anilines is 2. The zero-order valence-corrected chi connectivity index (χ0v) is 15.1. The standard InChI is InChI=1S/C19H17ClN4O3/c20-18-14-9-21-19(23-15(14)5-6-16(18)26)22-13-3-1-12(2-4-13)17-10-24(11-25)7-8-27-17/h1-6,9,11,17,26H,7-8,10H2,(H,21,22,23). The number of hydrogen-bond acceptors (Lipinski definition) is 6. The fourth-order valence-corrected chi connectivity index (χ4v) is 3.21. The molecule has 1 saturated heterocycles. The lowest BCUT2D eigenvalue weighted by Gasteiger charge is -2.30. The summed E-state index contributed by atoms with van der Waals surface area (Å²) in [7, 11) is 0. The van der Waals surface area contributed by atoms with E-state index in [1.807, 2.05) is 24.3 Å². The van der Waals surface area contributed by atoms with Gasteiger partial charge in [0.2, 0.25) is 12.4 Å². The van der Waals surface area contributed by atoms with Gasteiger partial charge in [-0.3, -0.25) is 4.79 Å². The molecule has 0 saturated carbocycles. The smallest absolute Gasteiger partial charge is 0.227 e. The Labute approximate surface area is 160 Å². The molecular formula is C19H17ClN4O3. The van der Waals surface area contributed by atoms with Crippen LogP contribution in [0, 0.1) is 0 Å². The van der Waals surface area contributed by atoms with Crippen molar-refractivity contribution in [2.75, 3.05) is 25.0 Å². The van der Waals surface area contributed by atoms with Crippen LogP contribution in [-0.2, 0) is 9.53 Å². The van der Waals surface area contributed by atoms with Gasteiger partial charge >= 0.3 is 0 Å². The first-order chi connectivity index (χ1) is 13.1. The Morgan fingerprint density at radius 3 is 2.85 bits per heavy atom. The van der Waals surface area contributed by atoms with Crippen molar-refractivity contribution in [3.05, 3.63) is 53.2 Å². The van der Waals surface area contributed by atoms with Gasteiger partial charge in [0.15, 0.2) is 0 Å². The van der Waals surface area contributed by atoms with E-state index in [2.05, 4.69) is 15.3 Å². The third-order valence-electron chi connectivity index (χ3n) is 4.46. The van der Waals surface area contributed by atoms with Crippen LogP contribution in [0.3, 0.4) is 0 Å². The van der Waals surface area contributed by atoms with E-state index in [0.29, 0.717) is 36.5 Å². The molecule has 3 aromatic rings. The molecule has 1 atom stereocenters. The van der Waals surface area contributed by atoms with Gasteiger partial charge in [0.25, 0.3) is 0 Å². The van der Waals surface area contributed by atoms with Crippen LogP contribution < -0.4 is 5.32 Å². The Balaban J connectivity index is 1.50. The summed E-state index contributed by atoms with van der Waals surface area (Å²) in [6.45, 7) is 1.71. The molecule has 1 aliphatic heterocycles. The first kappa shape index (κ1) is 17.5. The monoisotopic (exact) mass is 384 g/mol. The maximum Gasteiger partial charge on any atom is 0.227 e. The SMILES string of the molecule is O=CN1CCOC(c2ccc(Nc3ncc4c(Cl)c(O)ccc4n3)cc2)C1. The molecule has 0 bridgehead atoms. The Morgan fingerprint density at radius 2 is 2.07 bits per heavy atom. The van der Waals surface area contributed by atoms with Crippen molar-refractivity contribution in [2.45, 2.75) is 6.10 Å². The Bertz CT molecular complexity index is 981. The molecule has 27 heavy (non-hydrogen) atoms. The molecule has 1 amide bonds. The minimum absolute atomic E-state index is 0.00198. The summed E-state index contributed by atoms with van der Waals surface area (Å²) in [6, 6.07) is 10.9. The number of carbonyl (C=O) groups excluding carboxylic acids is 1. The van der Waals surface area contributed by atoms with E-state index in [0.717, 1.165) is 17.7 Å². The zero-order chi connectivity index (χ0) is 18.8. The molecule has 0 radical (unpaired) electrons. The maximum absolute atomic E-state index is 11.0. The molecule has 1 aliphatic rings. The van der Waals surface area contributed by atoms with E-state index in [4.69, 9.17) is 16.3 Å². The number of amides is 1. The van der Waals surface area contributed by atoms with Gasteiger partial charge in [0, 0.05) is 23.8 Å². The Morgan fingerprint density at radius 1 is 1.26 bits per heavy atom. The van der Waals surface area contributed by atoms with Crippen LogP contribution in [0.15, 0.2) is 42.6 Å². The fourth-order valence-electron chi connectivity index (χ4n) is 3.00. The second kappa shape index (κ2) is 7.38. The summed E-state index contributed by atoms with van der Waals surface area (Å²) in [6.07, 6.45) is 2.31. The van der Waals surface area contributed by atoms with Crippen molar-refractivity contribution < 1.29 is 14.6 Å². The zero-order valence-electron chi connectivity index (χ0n) is 14.3. The molecule has 1 fully saturated rings. The lowest BCUT2D eigenvalue weighted by molar-refractivity contribution is -0.125. The number of carbonyl (C=O) groups is 1. The molecule has 1 aromatic heterocycles. The number of aromatic hydroxyl groups is 1. The minimum atomic E-state index is -0.121. The molecule has 138 valence electrons. The molecule has 1 unspecified atom stereocenters. The third-order valence-corrected chi connectivity index (χ3v) is 4.86. The quantitative estimate of drug-likeness (QED) is 0.671. The van der Waals surface area contributed by atoms with E-state index >= 15 is 0 Å². The van der Waals surface area contributed by atoms with Crippen LogP contribution in [0.5, 0.6) is 5.75 Å². The van der Waals surface area contributed by atoms with Crippen molar-refractivity contribution in [2.24, 2.45) is 0 Å².